The van der Waals surface area contributed by atoms with E-state index in [0.717, 1.165) is 12.1 Å². The maximum Gasteiger partial charge on any atom is 0.416 e. The average Bonchev–Trinajstić information content (AvgIpc) is 3.46. The van der Waals surface area contributed by atoms with Crippen molar-refractivity contribution >= 4 is 47.4 Å². The monoisotopic (exact) mass is 508 g/mol. The van der Waals surface area contributed by atoms with Crippen LogP contribution in [0.1, 0.15) is 36.1 Å². The van der Waals surface area contributed by atoms with Gasteiger partial charge >= 0.3 is 12.1 Å². The summed E-state index contributed by atoms with van der Waals surface area (Å²) in [4.78, 5) is 15.4. The maximum absolute atomic E-state index is 13.0. The number of carbonyl (C=O) groups is 1. The van der Waals surface area contributed by atoms with Gasteiger partial charge in [-0.1, -0.05) is 12.5 Å². The largest absolute Gasteiger partial charge is 0.493 e. The third kappa shape index (κ3) is 5.31. The van der Waals surface area contributed by atoms with Crippen molar-refractivity contribution in [2.45, 2.75) is 38.4 Å². The standard InChI is InChI=1S/C23H19F3N2O4S2/c24-23(25,26)14-6-5-13-10-17(27-16(13)11-14)18-8-7-15(32-18)12-19-21(31)28(22(33)34-19)9-3-1-2-4-20(29)30/h5-8,10-12,31H,1-4,9H2,(H,29,30)/b15-12-,18-17+. The molecule has 0 aliphatic carbocycles. The van der Waals surface area contributed by atoms with Crippen LogP contribution in [0.5, 0.6) is 5.88 Å². The number of hydrogen-bond acceptors (Lipinski definition) is 6. The molecule has 0 atom stereocenters. The second kappa shape index (κ2) is 9.59. The van der Waals surface area contributed by atoms with Gasteiger partial charge in [0.2, 0.25) is 5.88 Å². The van der Waals surface area contributed by atoms with E-state index < -0.39 is 17.7 Å². The van der Waals surface area contributed by atoms with Gasteiger partial charge in [0.15, 0.2) is 9.37 Å². The van der Waals surface area contributed by atoms with Crippen LogP contribution in [0.2, 0.25) is 0 Å². The van der Waals surface area contributed by atoms with Crippen LogP contribution in [0, 0.1) is 3.95 Å². The van der Waals surface area contributed by atoms with E-state index in [2.05, 4.69) is 4.99 Å². The molecule has 11 heteroatoms. The predicted molar refractivity (Wildman–Crippen MR) is 123 cm³/mol. The van der Waals surface area contributed by atoms with Crippen LogP contribution in [0.15, 0.2) is 39.7 Å². The first kappa shape index (κ1) is 24.0. The summed E-state index contributed by atoms with van der Waals surface area (Å²) in [7, 11) is 0. The Morgan fingerprint density at radius 1 is 1.21 bits per heavy atom. The highest BCUT2D eigenvalue weighted by molar-refractivity contribution is 7.73. The van der Waals surface area contributed by atoms with Gasteiger partial charge < -0.3 is 14.6 Å². The lowest BCUT2D eigenvalue weighted by Crippen LogP contribution is -2.23. The van der Waals surface area contributed by atoms with E-state index in [1.165, 1.54) is 17.4 Å². The Morgan fingerprint density at radius 3 is 2.74 bits per heavy atom. The third-order valence-electron chi connectivity index (χ3n) is 5.21. The minimum atomic E-state index is -4.44. The highest BCUT2D eigenvalue weighted by atomic mass is 32.1. The van der Waals surface area contributed by atoms with Gasteiger partial charge in [0.25, 0.3) is 0 Å². The number of carboxylic acids is 1. The SMILES string of the molecule is O=C(O)CCCCCn1c(O)c(/C=c2/cc/c(=C3/C=c4ccc(C(F)(F)F)cc4=N3)o2)sc1=S. The van der Waals surface area contributed by atoms with Gasteiger partial charge in [-0.15, -0.1) is 11.3 Å². The highest BCUT2D eigenvalue weighted by Crippen LogP contribution is 2.28. The number of aromatic nitrogens is 1. The summed E-state index contributed by atoms with van der Waals surface area (Å²) in [6.07, 6.45) is 0.896. The summed E-state index contributed by atoms with van der Waals surface area (Å²) in [5.41, 5.74) is 0.459. The van der Waals surface area contributed by atoms with Gasteiger partial charge in [-0.05, 0) is 55.4 Å². The molecule has 2 N–H and O–H groups in total. The number of aliphatic carboxylic acids is 1. The van der Waals surface area contributed by atoms with E-state index in [9.17, 15) is 23.1 Å². The second-order valence-corrected chi connectivity index (χ2v) is 9.35. The quantitative estimate of drug-likeness (QED) is 0.378. The fraction of sp³-hybridized carbons (Fsp3) is 0.261. The molecule has 0 bridgehead atoms. The summed E-state index contributed by atoms with van der Waals surface area (Å²) in [6.45, 7) is 0.474. The number of rotatable bonds is 7. The van der Waals surface area contributed by atoms with E-state index in [4.69, 9.17) is 21.7 Å². The number of furan rings is 1. The summed E-state index contributed by atoms with van der Waals surface area (Å²) < 4.78 is 46.7. The molecular formula is C23H19F3N2O4S2. The molecule has 6 nitrogen and oxygen atoms in total. The number of benzene rings is 1. The first-order valence-corrected chi connectivity index (χ1v) is 11.6. The first-order valence-electron chi connectivity index (χ1n) is 10.4. The molecule has 1 aliphatic rings. The number of halogens is 3. The highest BCUT2D eigenvalue weighted by Gasteiger charge is 2.30. The zero-order chi connectivity index (χ0) is 24.5. The van der Waals surface area contributed by atoms with Gasteiger partial charge in [0.1, 0.15) is 11.1 Å². The van der Waals surface area contributed by atoms with E-state index in [0.29, 0.717) is 56.4 Å². The van der Waals surface area contributed by atoms with Gasteiger partial charge in [0.05, 0.1) is 15.8 Å². The molecule has 4 rings (SSSR count). The Balaban J connectivity index is 1.58. The molecule has 3 heterocycles. The van der Waals surface area contributed by atoms with Gasteiger partial charge in [-0.2, -0.15) is 13.2 Å². The Labute approximate surface area is 199 Å². The molecule has 0 fully saturated rings. The number of nitrogens with zero attached hydrogens (tertiary/aromatic N) is 2. The van der Waals surface area contributed by atoms with Crippen molar-refractivity contribution in [1.82, 2.24) is 4.57 Å². The van der Waals surface area contributed by atoms with Crippen molar-refractivity contribution in [2.75, 3.05) is 0 Å². The molecule has 3 aromatic rings. The molecule has 1 aromatic carbocycles. The third-order valence-corrected chi connectivity index (χ3v) is 6.60. The van der Waals surface area contributed by atoms with Crippen LogP contribution >= 0.6 is 23.6 Å². The Kier molecular flexibility index (Phi) is 6.76. The topological polar surface area (TPSA) is 88.0 Å². The van der Waals surface area contributed by atoms with Crippen molar-refractivity contribution < 1.29 is 32.6 Å². The number of carboxylic acid groups (broad SMARTS) is 1. The molecule has 0 spiro atoms. The summed E-state index contributed by atoms with van der Waals surface area (Å²) in [6, 6.07) is 6.73. The lowest BCUT2D eigenvalue weighted by Gasteiger charge is -2.04. The summed E-state index contributed by atoms with van der Waals surface area (Å²) in [5, 5.41) is 20.1. The van der Waals surface area contributed by atoms with Crippen LogP contribution in [-0.4, -0.2) is 20.7 Å². The fourth-order valence-electron chi connectivity index (χ4n) is 3.50. The Bertz CT molecular complexity index is 1550. The lowest BCUT2D eigenvalue weighted by atomic mass is 10.2. The molecule has 0 radical (unpaired) electrons. The molecule has 0 amide bonds. The van der Waals surface area contributed by atoms with E-state index in [1.54, 1.807) is 28.9 Å². The van der Waals surface area contributed by atoms with Crippen LogP contribution in [0.3, 0.4) is 0 Å². The molecule has 1 aliphatic heterocycles. The van der Waals surface area contributed by atoms with Crippen LogP contribution in [0.4, 0.5) is 13.2 Å². The number of unbranched alkanes of at least 4 members (excludes halogenated alkanes) is 2. The van der Waals surface area contributed by atoms with Crippen LogP contribution in [0.25, 0.3) is 17.8 Å². The summed E-state index contributed by atoms with van der Waals surface area (Å²) >= 11 is 6.55. The molecule has 34 heavy (non-hydrogen) atoms. The van der Waals surface area contributed by atoms with Crippen molar-refractivity contribution in [2.24, 2.45) is 4.99 Å². The van der Waals surface area contributed by atoms with Crippen molar-refractivity contribution in [1.29, 1.82) is 0 Å². The normalized spacial score (nSPS) is 15.2. The summed E-state index contributed by atoms with van der Waals surface area (Å²) in [5.74, 6) is -0.830. The molecule has 0 saturated heterocycles. The van der Waals surface area contributed by atoms with E-state index in [-0.39, 0.29) is 17.7 Å². The molecule has 178 valence electrons. The number of hydrogen-bond donors (Lipinski definition) is 2. The van der Waals surface area contributed by atoms with Gasteiger partial charge in [0, 0.05) is 24.3 Å². The molecule has 0 unspecified atom stereocenters. The zero-order valence-electron chi connectivity index (χ0n) is 17.6. The molecule has 0 saturated carbocycles. The van der Waals surface area contributed by atoms with Crippen molar-refractivity contribution in [3.05, 3.63) is 66.1 Å². The fourth-order valence-corrected chi connectivity index (χ4v) is 4.80. The van der Waals surface area contributed by atoms with E-state index >= 15 is 0 Å². The Hall–Kier alpha value is -3.18. The molecule has 2 aromatic heterocycles. The first-order chi connectivity index (χ1) is 16.1. The lowest BCUT2D eigenvalue weighted by molar-refractivity contribution is -0.138. The van der Waals surface area contributed by atoms with Crippen molar-refractivity contribution in [3.63, 3.8) is 0 Å². The van der Waals surface area contributed by atoms with Crippen LogP contribution < -0.4 is 21.4 Å². The minimum absolute atomic E-state index is 0.00281. The zero-order valence-corrected chi connectivity index (χ0v) is 19.3. The van der Waals surface area contributed by atoms with Gasteiger partial charge in [-0.25, -0.2) is 4.99 Å². The van der Waals surface area contributed by atoms with Crippen LogP contribution in [-0.2, 0) is 17.5 Å². The van der Waals surface area contributed by atoms with Gasteiger partial charge in [-0.3, -0.25) is 9.36 Å². The molecular weight excluding hydrogens is 489 g/mol. The number of alkyl halides is 3. The smallest absolute Gasteiger partial charge is 0.416 e. The average molecular weight is 509 g/mol. The number of aromatic hydroxyl groups is 1. The Morgan fingerprint density at radius 2 is 2.00 bits per heavy atom. The van der Waals surface area contributed by atoms with Crippen molar-refractivity contribution in [3.8, 4) is 5.88 Å². The maximum atomic E-state index is 13.0. The predicted octanol–water partition coefficient (Wildman–Crippen LogP) is 3.29. The second-order valence-electron chi connectivity index (χ2n) is 7.67. The number of fused-ring (bicyclic) bond motifs is 1. The number of thiazole rings is 1. The van der Waals surface area contributed by atoms with E-state index in [1.807, 2.05) is 0 Å². The minimum Gasteiger partial charge on any atom is -0.493 e.